The van der Waals surface area contributed by atoms with Crippen molar-refractivity contribution in [3.63, 3.8) is 0 Å². The lowest BCUT2D eigenvalue weighted by atomic mass is 9.95. The van der Waals surface area contributed by atoms with Gasteiger partial charge >= 0.3 is 0 Å². The highest BCUT2D eigenvalue weighted by Crippen LogP contribution is 2.21. The van der Waals surface area contributed by atoms with Crippen LogP contribution in [0.3, 0.4) is 0 Å². The van der Waals surface area contributed by atoms with Crippen molar-refractivity contribution in [1.29, 1.82) is 0 Å². The van der Waals surface area contributed by atoms with Gasteiger partial charge in [0.15, 0.2) is 11.6 Å². The summed E-state index contributed by atoms with van der Waals surface area (Å²) in [7, 11) is 0. The van der Waals surface area contributed by atoms with Crippen LogP contribution in [0.4, 0.5) is 8.78 Å². The number of rotatable bonds is 3. The molecule has 2 rings (SSSR count). The van der Waals surface area contributed by atoms with Crippen LogP contribution in [0.15, 0.2) is 18.2 Å². The highest BCUT2D eigenvalue weighted by Gasteiger charge is 2.15. The first-order valence-corrected chi connectivity index (χ1v) is 7.38. The number of hydrogen-bond acceptors (Lipinski definition) is 1. The molecule has 1 aliphatic rings. The summed E-state index contributed by atoms with van der Waals surface area (Å²) < 4.78 is 26.2. The minimum Gasteiger partial charge on any atom is -0.307 e. The molecule has 0 bridgehead atoms. The first-order valence-electron chi connectivity index (χ1n) is 7.38. The Morgan fingerprint density at radius 3 is 2.26 bits per heavy atom. The van der Waals surface area contributed by atoms with Gasteiger partial charge in [-0.25, -0.2) is 8.78 Å². The highest BCUT2D eigenvalue weighted by molar-refractivity contribution is 5.20. The smallest absolute Gasteiger partial charge is 0.159 e. The normalized spacial score (nSPS) is 19.7. The highest BCUT2D eigenvalue weighted by atomic mass is 19.2. The van der Waals surface area contributed by atoms with Crippen LogP contribution < -0.4 is 5.32 Å². The largest absolute Gasteiger partial charge is 0.307 e. The van der Waals surface area contributed by atoms with Gasteiger partial charge in [-0.1, -0.05) is 38.2 Å². The summed E-state index contributed by atoms with van der Waals surface area (Å²) in [6.07, 6.45) is 8.90. The molecule has 1 aliphatic carbocycles. The second-order valence-corrected chi connectivity index (χ2v) is 5.60. The van der Waals surface area contributed by atoms with Crippen molar-refractivity contribution < 1.29 is 8.78 Å². The van der Waals surface area contributed by atoms with E-state index in [2.05, 4.69) is 5.32 Å². The Morgan fingerprint density at radius 1 is 1.00 bits per heavy atom. The molecule has 0 heterocycles. The molecule has 1 aromatic carbocycles. The zero-order chi connectivity index (χ0) is 13.7. The second-order valence-electron chi connectivity index (χ2n) is 5.60. The van der Waals surface area contributed by atoms with Gasteiger partial charge in [0, 0.05) is 12.1 Å². The quantitative estimate of drug-likeness (QED) is 0.835. The van der Waals surface area contributed by atoms with Crippen molar-refractivity contribution in [2.24, 2.45) is 0 Å². The molecule has 0 saturated heterocycles. The summed E-state index contributed by atoms with van der Waals surface area (Å²) in [5, 5.41) is 3.56. The molecule has 1 saturated carbocycles. The van der Waals surface area contributed by atoms with Crippen LogP contribution in [0, 0.1) is 11.6 Å². The number of halogens is 2. The standard InChI is InChI=1S/C16H23F2N/c1-12(13-9-10-15(17)16(18)11-13)19-14-7-5-3-2-4-6-8-14/h9-12,14,19H,2-8H2,1H3. The van der Waals surface area contributed by atoms with Gasteiger partial charge in [0.2, 0.25) is 0 Å². The van der Waals surface area contributed by atoms with E-state index in [9.17, 15) is 8.78 Å². The molecule has 0 aromatic heterocycles. The fraction of sp³-hybridized carbons (Fsp3) is 0.625. The first-order chi connectivity index (χ1) is 9.16. The molecule has 1 unspecified atom stereocenters. The summed E-state index contributed by atoms with van der Waals surface area (Å²) in [5.74, 6) is -1.54. The lowest BCUT2D eigenvalue weighted by Gasteiger charge is -2.25. The zero-order valence-electron chi connectivity index (χ0n) is 11.6. The van der Waals surface area contributed by atoms with Crippen molar-refractivity contribution >= 4 is 0 Å². The SMILES string of the molecule is CC(NC1CCCCCCC1)c1ccc(F)c(F)c1. The Bertz CT molecular complexity index is 398. The molecule has 19 heavy (non-hydrogen) atoms. The molecular formula is C16H23F2N. The molecule has 1 atom stereocenters. The maximum Gasteiger partial charge on any atom is 0.159 e. The Morgan fingerprint density at radius 2 is 1.63 bits per heavy atom. The Kier molecular flexibility index (Phi) is 5.32. The van der Waals surface area contributed by atoms with Crippen molar-refractivity contribution in [3.8, 4) is 0 Å². The van der Waals surface area contributed by atoms with Crippen LogP contribution in [-0.2, 0) is 0 Å². The average molecular weight is 267 g/mol. The van der Waals surface area contributed by atoms with E-state index >= 15 is 0 Å². The van der Waals surface area contributed by atoms with Gasteiger partial charge in [-0.3, -0.25) is 0 Å². The molecule has 3 heteroatoms. The summed E-state index contributed by atoms with van der Waals surface area (Å²) in [6.45, 7) is 2.02. The summed E-state index contributed by atoms with van der Waals surface area (Å²) in [5.41, 5.74) is 0.820. The first kappa shape index (κ1) is 14.4. The van der Waals surface area contributed by atoms with E-state index in [4.69, 9.17) is 0 Å². The van der Waals surface area contributed by atoms with Gasteiger partial charge in [-0.05, 0) is 37.5 Å². The predicted octanol–water partition coefficient (Wildman–Crippen LogP) is 4.73. The van der Waals surface area contributed by atoms with Crippen LogP contribution in [0.1, 0.15) is 63.5 Å². The Labute approximate surface area is 114 Å². The molecule has 0 radical (unpaired) electrons. The summed E-state index contributed by atoms with van der Waals surface area (Å²) in [4.78, 5) is 0. The monoisotopic (exact) mass is 267 g/mol. The van der Waals surface area contributed by atoms with Crippen molar-refractivity contribution in [3.05, 3.63) is 35.4 Å². The predicted molar refractivity (Wildman–Crippen MR) is 74.0 cm³/mol. The molecule has 106 valence electrons. The minimum atomic E-state index is -0.776. The van der Waals surface area contributed by atoms with E-state index in [1.165, 1.54) is 57.1 Å². The molecule has 1 N–H and O–H groups in total. The molecule has 0 aliphatic heterocycles. The lowest BCUT2D eigenvalue weighted by molar-refractivity contribution is 0.362. The maximum atomic E-state index is 13.2. The molecule has 0 amide bonds. The van der Waals surface area contributed by atoms with Crippen LogP contribution in [0.2, 0.25) is 0 Å². The average Bonchev–Trinajstić information content (AvgIpc) is 2.35. The number of hydrogen-bond donors (Lipinski definition) is 1. The van der Waals surface area contributed by atoms with Gasteiger partial charge in [-0.15, -0.1) is 0 Å². The molecular weight excluding hydrogens is 244 g/mol. The van der Waals surface area contributed by atoms with Crippen molar-refractivity contribution in [2.75, 3.05) is 0 Å². The van der Waals surface area contributed by atoms with Gasteiger partial charge in [0.05, 0.1) is 0 Å². The Hall–Kier alpha value is -0.960. The number of benzene rings is 1. The zero-order valence-corrected chi connectivity index (χ0v) is 11.6. The van der Waals surface area contributed by atoms with Crippen LogP contribution in [0.5, 0.6) is 0 Å². The fourth-order valence-corrected chi connectivity index (χ4v) is 2.85. The molecule has 0 spiro atoms. The summed E-state index contributed by atoms with van der Waals surface area (Å²) in [6, 6.07) is 4.75. The van der Waals surface area contributed by atoms with E-state index in [1.807, 2.05) is 6.92 Å². The van der Waals surface area contributed by atoms with Crippen LogP contribution >= 0.6 is 0 Å². The summed E-state index contributed by atoms with van der Waals surface area (Å²) >= 11 is 0. The van der Waals surface area contributed by atoms with Crippen molar-refractivity contribution in [1.82, 2.24) is 5.32 Å². The molecule has 1 aromatic rings. The third kappa shape index (κ3) is 4.27. The maximum absolute atomic E-state index is 13.2. The van der Waals surface area contributed by atoms with Gasteiger partial charge in [0.1, 0.15) is 0 Å². The molecule has 1 fully saturated rings. The van der Waals surface area contributed by atoms with Crippen LogP contribution in [0.25, 0.3) is 0 Å². The van der Waals surface area contributed by atoms with Gasteiger partial charge in [-0.2, -0.15) is 0 Å². The van der Waals surface area contributed by atoms with Crippen LogP contribution in [-0.4, -0.2) is 6.04 Å². The van der Waals surface area contributed by atoms with Gasteiger partial charge < -0.3 is 5.32 Å². The van der Waals surface area contributed by atoms with E-state index in [0.29, 0.717) is 6.04 Å². The van der Waals surface area contributed by atoms with E-state index in [-0.39, 0.29) is 6.04 Å². The third-order valence-electron chi connectivity index (χ3n) is 4.03. The Balaban J connectivity index is 1.94. The lowest BCUT2D eigenvalue weighted by Crippen LogP contribution is -2.32. The minimum absolute atomic E-state index is 0.0690. The number of nitrogens with one attached hydrogen (secondary N) is 1. The third-order valence-corrected chi connectivity index (χ3v) is 4.03. The van der Waals surface area contributed by atoms with Crippen molar-refractivity contribution in [2.45, 2.75) is 64.0 Å². The molecule has 1 nitrogen and oxygen atoms in total. The van der Waals surface area contributed by atoms with E-state index < -0.39 is 11.6 Å². The topological polar surface area (TPSA) is 12.0 Å². The fourth-order valence-electron chi connectivity index (χ4n) is 2.85. The van der Waals surface area contributed by atoms with Gasteiger partial charge in [0.25, 0.3) is 0 Å². The van der Waals surface area contributed by atoms with E-state index in [0.717, 1.165) is 5.56 Å². The van der Waals surface area contributed by atoms with E-state index in [1.54, 1.807) is 6.07 Å². The second kappa shape index (κ2) is 6.99.